The minimum atomic E-state index is -0.526. The Morgan fingerprint density at radius 2 is 1.91 bits per heavy atom. The fourth-order valence-corrected chi connectivity index (χ4v) is 2.54. The molecule has 1 aromatic heterocycles. The quantitative estimate of drug-likeness (QED) is 0.655. The summed E-state index contributed by atoms with van der Waals surface area (Å²) in [4.78, 5) is 35.3. The van der Waals surface area contributed by atoms with Crippen LogP contribution in [0.3, 0.4) is 0 Å². The van der Waals surface area contributed by atoms with E-state index in [1.54, 1.807) is 6.92 Å². The SMILES string of the molecule is CCOC(=O)Cc1[nH][nH]c(=O)c1[C@H](CC(N)=O)c1ccccc1. The number of H-pyrrole nitrogens is 2. The molecule has 0 saturated heterocycles. The van der Waals surface area contributed by atoms with E-state index in [1.165, 1.54) is 0 Å². The van der Waals surface area contributed by atoms with Crippen LogP contribution in [-0.4, -0.2) is 28.7 Å². The van der Waals surface area contributed by atoms with E-state index >= 15 is 0 Å². The van der Waals surface area contributed by atoms with Crippen molar-refractivity contribution < 1.29 is 14.3 Å². The molecule has 0 aliphatic carbocycles. The van der Waals surface area contributed by atoms with Gasteiger partial charge >= 0.3 is 5.97 Å². The van der Waals surface area contributed by atoms with Crippen LogP contribution in [0, 0.1) is 0 Å². The largest absolute Gasteiger partial charge is 0.466 e. The van der Waals surface area contributed by atoms with Gasteiger partial charge in [0.15, 0.2) is 0 Å². The van der Waals surface area contributed by atoms with Gasteiger partial charge in [0.25, 0.3) is 5.56 Å². The first-order chi connectivity index (χ1) is 11.0. The number of carbonyl (C=O) groups is 2. The molecule has 0 saturated carbocycles. The van der Waals surface area contributed by atoms with E-state index in [9.17, 15) is 14.4 Å². The van der Waals surface area contributed by atoms with Crippen molar-refractivity contribution in [2.24, 2.45) is 5.73 Å². The minimum Gasteiger partial charge on any atom is -0.466 e. The van der Waals surface area contributed by atoms with Gasteiger partial charge in [-0.15, -0.1) is 0 Å². The molecule has 0 unspecified atom stereocenters. The number of amides is 1. The molecule has 122 valence electrons. The second kappa shape index (κ2) is 7.44. The molecule has 0 radical (unpaired) electrons. The lowest BCUT2D eigenvalue weighted by molar-refractivity contribution is -0.142. The highest BCUT2D eigenvalue weighted by Crippen LogP contribution is 2.27. The predicted octanol–water partition coefficient (Wildman–Crippen LogP) is 0.816. The van der Waals surface area contributed by atoms with Gasteiger partial charge in [0.1, 0.15) is 0 Å². The molecule has 1 amide bonds. The van der Waals surface area contributed by atoms with E-state index < -0.39 is 17.8 Å². The summed E-state index contributed by atoms with van der Waals surface area (Å²) in [6, 6.07) is 9.10. The van der Waals surface area contributed by atoms with Crippen molar-refractivity contribution in [2.45, 2.75) is 25.7 Å². The van der Waals surface area contributed by atoms with Crippen molar-refractivity contribution in [3.8, 4) is 0 Å². The van der Waals surface area contributed by atoms with E-state index in [-0.39, 0.29) is 25.0 Å². The third-order valence-corrected chi connectivity index (χ3v) is 3.48. The number of nitrogens with one attached hydrogen (secondary N) is 2. The van der Waals surface area contributed by atoms with Gasteiger partial charge in [0.05, 0.1) is 18.7 Å². The van der Waals surface area contributed by atoms with E-state index in [0.717, 1.165) is 5.56 Å². The van der Waals surface area contributed by atoms with E-state index in [0.29, 0.717) is 11.3 Å². The molecular formula is C16H19N3O4. The Kier molecular flexibility index (Phi) is 5.35. The number of nitrogens with two attached hydrogens (primary N) is 1. The highest BCUT2D eigenvalue weighted by molar-refractivity contribution is 5.76. The summed E-state index contributed by atoms with van der Waals surface area (Å²) in [5, 5.41) is 5.16. The fourth-order valence-electron chi connectivity index (χ4n) is 2.54. The maximum Gasteiger partial charge on any atom is 0.311 e. The van der Waals surface area contributed by atoms with Gasteiger partial charge in [-0.1, -0.05) is 30.3 Å². The first-order valence-corrected chi connectivity index (χ1v) is 7.31. The van der Waals surface area contributed by atoms with E-state index in [2.05, 4.69) is 10.2 Å². The van der Waals surface area contributed by atoms with Crippen LogP contribution >= 0.6 is 0 Å². The van der Waals surface area contributed by atoms with Crippen molar-refractivity contribution in [1.29, 1.82) is 0 Å². The number of esters is 1. The Morgan fingerprint density at radius 1 is 1.22 bits per heavy atom. The van der Waals surface area contributed by atoms with E-state index in [4.69, 9.17) is 10.5 Å². The van der Waals surface area contributed by atoms with Gasteiger partial charge in [-0.25, -0.2) is 0 Å². The van der Waals surface area contributed by atoms with Crippen molar-refractivity contribution in [3.63, 3.8) is 0 Å². The summed E-state index contributed by atoms with van der Waals surface area (Å²) < 4.78 is 4.91. The van der Waals surface area contributed by atoms with Crippen LogP contribution in [0.25, 0.3) is 0 Å². The first kappa shape index (κ1) is 16.5. The number of primary amides is 1. The molecule has 1 aromatic carbocycles. The maximum absolute atomic E-state index is 12.2. The second-order valence-corrected chi connectivity index (χ2v) is 5.09. The van der Waals surface area contributed by atoms with Crippen LogP contribution < -0.4 is 11.3 Å². The average molecular weight is 317 g/mol. The zero-order valence-corrected chi connectivity index (χ0v) is 12.8. The van der Waals surface area contributed by atoms with Crippen LogP contribution in [0.2, 0.25) is 0 Å². The molecule has 7 heteroatoms. The molecule has 0 aliphatic heterocycles. The molecule has 0 bridgehead atoms. The Labute approximate surface area is 132 Å². The topological polar surface area (TPSA) is 118 Å². The Balaban J connectivity index is 2.43. The fraction of sp³-hybridized carbons (Fsp3) is 0.312. The number of hydrogen-bond donors (Lipinski definition) is 3. The zero-order valence-electron chi connectivity index (χ0n) is 12.8. The van der Waals surface area contributed by atoms with Crippen molar-refractivity contribution in [3.05, 3.63) is 57.5 Å². The highest BCUT2D eigenvalue weighted by atomic mass is 16.5. The summed E-state index contributed by atoms with van der Waals surface area (Å²) in [5.41, 5.74) is 6.48. The van der Waals surface area contributed by atoms with Crippen molar-refractivity contribution in [1.82, 2.24) is 10.2 Å². The van der Waals surface area contributed by atoms with Gasteiger partial charge < -0.3 is 15.6 Å². The van der Waals surface area contributed by atoms with Crippen LogP contribution in [0.4, 0.5) is 0 Å². The molecule has 0 spiro atoms. The summed E-state index contributed by atoms with van der Waals surface area (Å²) in [6.45, 7) is 1.96. The van der Waals surface area contributed by atoms with Crippen molar-refractivity contribution >= 4 is 11.9 Å². The Morgan fingerprint density at radius 3 is 2.52 bits per heavy atom. The second-order valence-electron chi connectivity index (χ2n) is 5.09. The summed E-state index contributed by atoms with van der Waals surface area (Å²) in [6.07, 6.45) is -0.106. The standard InChI is InChI=1S/C16H19N3O4/c1-2-23-14(21)9-12-15(16(22)19-18-12)11(8-13(17)20)10-6-4-3-5-7-10/h3-7,11H,2,8-9H2,1H3,(H2,17,20)(H2,18,19,22)/t11-/m1/s1. The molecular weight excluding hydrogens is 298 g/mol. The number of rotatable bonds is 7. The summed E-state index contributed by atoms with van der Waals surface area (Å²) in [5.74, 6) is -1.50. The van der Waals surface area contributed by atoms with Crippen LogP contribution in [0.5, 0.6) is 0 Å². The van der Waals surface area contributed by atoms with Gasteiger partial charge in [-0.3, -0.25) is 19.5 Å². The average Bonchev–Trinajstić information content (AvgIpc) is 2.86. The number of carbonyl (C=O) groups excluding carboxylic acids is 2. The lowest BCUT2D eigenvalue weighted by Crippen LogP contribution is -2.21. The maximum atomic E-state index is 12.2. The van der Waals surface area contributed by atoms with Gasteiger partial charge in [0, 0.05) is 17.9 Å². The zero-order chi connectivity index (χ0) is 16.8. The number of ether oxygens (including phenoxy) is 1. The third kappa shape index (κ3) is 4.09. The number of hydrogen-bond acceptors (Lipinski definition) is 4. The predicted molar refractivity (Wildman–Crippen MR) is 83.8 cm³/mol. The normalized spacial score (nSPS) is 11.9. The first-order valence-electron chi connectivity index (χ1n) is 7.31. The molecule has 0 aliphatic rings. The molecule has 7 nitrogen and oxygen atoms in total. The molecule has 1 heterocycles. The van der Waals surface area contributed by atoms with Crippen molar-refractivity contribution in [2.75, 3.05) is 6.61 Å². The Hall–Kier alpha value is -2.83. The highest BCUT2D eigenvalue weighted by Gasteiger charge is 2.25. The van der Waals surface area contributed by atoms with Crippen LogP contribution in [-0.2, 0) is 20.7 Å². The summed E-state index contributed by atoms with van der Waals surface area (Å²) in [7, 11) is 0. The lowest BCUT2D eigenvalue weighted by atomic mass is 9.88. The van der Waals surface area contributed by atoms with Crippen LogP contribution in [0.1, 0.15) is 36.1 Å². The molecule has 23 heavy (non-hydrogen) atoms. The Bertz CT molecular complexity index is 733. The van der Waals surface area contributed by atoms with Gasteiger partial charge in [0.2, 0.25) is 5.91 Å². The molecule has 2 aromatic rings. The molecule has 0 fully saturated rings. The number of aromatic amines is 2. The smallest absolute Gasteiger partial charge is 0.311 e. The number of aromatic nitrogens is 2. The number of benzene rings is 1. The van der Waals surface area contributed by atoms with Gasteiger partial charge in [-0.2, -0.15) is 0 Å². The minimum absolute atomic E-state index is 0.0270. The molecule has 1 atom stereocenters. The molecule has 4 N–H and O–H groups in total. The van der Waals surface area contributed by atoms with Crippen LogP contribution in [0.15, 0.2) is 35.1 Å². The monoisotopic (exact) mass is 317 g/mol. The van der Waals surface area contributed by atoms with E-state index in [1.807, 2.05) is 30.3 Å². The van der Waals surface area contributed by atoms with Gasteiger partial charge in [-0.05, 0) is 12.5 Å². The lowest BCUT2D eigenvalue weighted by Gasteiger charge is -2.15. The third-order valence-electron chi connectivity index (χ3n) is 3.48. The summed E-state index contributed by atoms with van der Waals surface area (Å²) >= 11 is 0. The molecule has 2 rings (SSSR count).